The van der Waals surface area contributed by atoms with Crippen molar-refractivity contribution in [3.8, 4) is 5.75 Å². The molecule has 23 heavy (non-hydrogen) atoms. The molecule has 4 nitrogen and oxygen atoms in total. The smallest absolute Gasteiger partial charge is 0.250 e. The van der Waals surface area contributed by atoms with E-state index in [-0.39, 0.29) is 11.7 Å². The summed E-state index contributed by atoms with van der Waals surface area (Å²) in [5.41, 5.74) is 3.35. The number of nitrogens with zero attached hydrogens (tertiary/aromatic N) is 1. The van der Waals surface area contributed by atoms with Crippen molar-refractivity contribution in [2.75, 3.05) is 12.9 Å². The second-order valence-electron chi connectivity index (χ2n) is 4.43. The molecule has 7 heteroatoms. The van der Waals surface area contributed by atoms with Crippen LogP contribution in [0.1, 0.15) is 5.56 Å². The number of rotatable bonds is 6. The van der Waals surface area contributed by atoms with Gasteiger partial charge in [0.15, 0.2) is 0 Å². The number of benzene rings is 2. The fraction of sp³-hybridized carbons (Fsp3) is 0.125. The van der Waals surface area contributed by atoms with Crippen LogP contribution in [0.2, 0.25) is 5.02 Å². The summed E-state index contributed by atoms with van der Waals surface area (Å²) in [6, 6.07) is 12.9. The predicted octanol–water partition coefficient (Wildman–Crippen LogP) is 4.35. The second-order valence-corrected chi connectivity index (χ2v) is 6.77. The molecule has 1 amide bonds. The highest BCUT2D eigenvalue weighted by atomic mass is 79.9. The Kier molecular flexibility index (Phi) is 6.95. The average Bonchev–Trinajstić information content (AvgIpc) is 2.54. The summed E-state index contributed by atoms with van der Waals surface area (Å²) >= 11 is 10.6. The molecule has 120 valence electrons. The first-order valence-electron chi connectivity index (χ1n) is 6.62. The Morgan fingerprint density at radius 2 is 2.09 bits per heavy atom. The zero-order chi connectivity index (χ0) is 16.7. The van der Waals surface area contributed by atoms with E-state index in [1.807, 2.05) is 30.3 Å². The van der Waals surface area contributed by atoms with E-state index in [2.05, 4.69) is 26.5 Å². The number of hydrogen-bond acceptors (Lipinski definition) is 4. The fourth-order valence-electron chi connectivity index (χ4n) is 1.65. The highest BCUT2D eigenvalue weighted by Gasteiger charge is 2.02. The fourth-order valence-corrected chi connectivity index (χ4v) is 3.03. The lowest BCUT2D eigenvalue weighted by Gasteiger charge is -2.03. The van der Waals surface area contributed by atoms with Gasteiger partial charge in [0.25, 0.3) is 0 Å². The van der Waals surface area contributed by atoms with Crippen molar-refractivity contribution in [1.29, 1.82) is 0 Å². The molecule has 2 rings (SSSR count). The van der Waals surface area contributed by atoms with Crippen LogP contribution in [0.4, 0.5) is 0 Å². The molecule has 0 saturated carbocycles. The Bertz CT molecular complexity index is 708. The van der Waals surface area contributed by atoms with Crippen LogP contribution < -0.4 is 10.2 Å². The summed E-state index contributed by atoms with van der Waals surface area (Å²) in [5, 5.41) is 4.62. The third-order valence-electron chi connectivity index (χ3n) is 2.76. The number of hydrogen-bond donors (Lipinski definition) is 1. The van der Waals surface area contributed by atoms with Crippen LogP contribution >= 0.6 is 39.3 Å². The molecule has 0 aliphatic heterocycles. The molecular weight excluding hydrogens is 400 g/mol. The summed E-state index contributed by atoms with van der Waals surface area (Å²) in [6.07, 6.45) is 1.58. The number of carbonyl (C=O) groups excluding carboxylic acids is 1. The molecule has 0 spiro atoms. The first-order valence-corrected chi connectivity index (χ1v) is 8.78. The minimum absolute atomic E-state index is 0.172. The predicted molar refractivity (Wildman–Crippen MR) is 98.6 cm³/mol. The van der Waals surface area contributed by atoms with E-state index in [1.165, 1.54) is 11.8 Å². The van der Waals surface area contributed by atoms with Crippen LogP contribution in [-0.4, -0.2) is 25.0 Å². The Morgan fingerprint density at radius 3 is 2.74 bits per heavy atom. The van der Waals surface area contributed by atoms with Gasteiger partial charge in [-0.2, -0.15) is 5.10 Å². The van der Waals surface area contributed by atoms with Gasteiger partial charge in [0.2, 0.25) is 5.91 Å². The molecular formula is C16H14BrClN2O2S. The second kappa shape index (κ2) is 8.96. The average molecular weight is 414 g/mol. The quantitative estimate of drug-likeness (QED) is 0.435. The number of methoxy groups -OCH3 is 1. The van der Waals surface area contributed by atoms with Gasteiger partial charge >= 0.3 is 0 Å². The van der Waals surface area contributed by atoms with E-state index in [4.69, 9.17) is 16.3 Å². The van der Waals surface area contributed by atoms with E-state index < -0.39 is 0 Å². The molecule has 0 fully saturated rings. The van der Waals surface area contributed by atoms with Crippen molar-refractivity contribution in [3.63, 3.8) is 0 Å². The van der Waals surface area contributed by atoms with Gasteiger partial charge < -0.3 is 4.74 Å². The maximum Gasteiger partial charge on any atom is 0.250 e. The first-order chi connectivity index (χ1) is 11.1. The van der Waals surface area contributed by atoms with Crippen LogP contribution in [0.3, 0.4) is 0 Å². The Balaban J connectivity index is 1.81. The van der Waals surface area contributed by atoms with Gasteiger partial charge in [0.05, 0.1) is 23.5 Å². The monoisotopic (exact) mass is 412 g/mol. The minimum Gasteiger partial charge on any atom is -0.496 e. The molecule has 0 aliphatic rings. The maximum atomic E-state index is 11.7. The lowest BCUT2D eigenvalue weighted by Crippen LogP contribution is -2.19. The normalized spacial score (nSPS) is 10.7. The van der Waals surface area contributed by atoms with Crippen molar-refractivity contribution < 1.29 is 9.53 Å². The lowest BCUT2D eigenvalue weighted by atomic mass is 10.2. The van der Waals surface area contributed by atoms with Crippen LogP contribution in [0.5, 0.6) is 5.75 Å². The first kappa shape index (κ1) is 17.8. The summed E-state index contributed by atoms with van der Waals surface area (Å²) in [7, 11) is 1.60. The van der Waals surface area contributed by atoms with E-state index in [9.17, 15) is 4.79 Å². The van der Waals surface area contributed by atoms with Gasteiger partial charge in [0, 0.05) is 9.92 Å². The largest absolute Gasteiger partial charge is 0.496 e. The van der Waals surface area contributed by atoms with Crippen LogP contribution in [-0.2, 0) is 4.79 Å². The Labute approximate surface area is 152 Å². The summed E-state index contributed by atoms with van der Waals surface area (Å²) in [4.78, 5) is 12.7. The van der Waals surface area contributed by atoms with E-state index in [0.29, 0.717) is 5.02 Å². The number of ether oxygens (including phenoxy) is 1. The summed E-state index contributed by atoms with van der Waals surface area (Å²) in [5.74, 6) is 0.852. The SMILES string of the molecule is COc1ccc(/C=N/NC(=O)CSc2ccc(Cl)cc2)cc1Br. The minimum atomic E-state index is -0.172. The van der Waals surface area contributed by atoms with Gasteiger partial charge in [-0.25, -0.2) is 5.43 Å². The lowest BCUT2D eigenvalue weighted by molar-refractivity contribution is -0.118. The molecule has 1 N–H and O–H groups in total. The Hall–Kier alpha value is -1.50. The molecule has 0 bridgehead atoms. The number of thioether (sulfide) groups is 1. The number of amides is 1. The molecule has 2 aromatic rings. The topological polar surface area (TPSA) is 50.7 Å². The van der Waals surface area contributed by atoms with E-state index in [0.717, 1.165) is 20.7 Å². The molecule has 0 aliphatic carbocycles. The van der Waals surface area contributed by atoms with Crippen molar-refractivity contribution in [2.45, 2.75) is 4.90 Å². The van der Waals surface area contributed by atoms with Gasteiger partial charge in [0.1, 0.15) is 5.75 Å². The van der Waals surface area contributed by atoms with Crippen molar-refractivity contribution >= 4 is 51.4 Å². The van der Waals surface area contributed by atoms with Gasteiger partial charge in [-0.05, 0) is 64.0 Å². The zero-order valence-corrected chi connectivity index (χ0v) is 15.4. The number of hydrazone groups is 1. The van der Waals surface area contributed by atoms with Crippen molar-refractivity contribution in [1.82, 2.24) is 5.43 Å². The maximum absolute atomic E-state index is 11.7. The molecule has 0 aromatic heterocycles. The number of nitrogens with one attached hydrogen (secondary N) is 1. The third-order valence-corrected chi connectivity index (χ3v) is 4.65. The third kappa shape index (κ3) is 5.89. The van der Waals surface area contributed by atoms with E-state index >= 15 is 0 Å². The highest BCUT2D eigenvalue weighted by Crippen LogP contribution is 2.24. The molecule has 0 unspecified atom stereocenters. The number of halogens is 2. The molecule has 0 saturated heterocycles. The summed E-state index contributed by atoms with van der Waals surface area (Å²) < 4.78 is 5.98. The van der Waals surface area contributed by atoms with Gasteiger partial charge in [-0.3, -0.25) is 4.79 Å². The molecule has 0 heterocycles. The van der Waals surface area contributed by atoms with Crippen molar-refractivity contribution in [3.05, 3.63) is 57.5 Å². The highest BCUT2D eigenvalue weighted by molar-refractivity contribution is 9.10. The molecule has 0 atom stereocenters. The van der Waals surface area contributed by atoms with E-state index in [1.54, 1.807) is 25.5 Å². The van der Waals surface area contributed by atoms with Crippen LogP contribution in [0, 0.1) is 0 Å². The molecule has 0 radical (unpaired) electrons. The van der Waals surface area contributed by atoms with Gasteiger partial charge in [-0.15, -0.1) is 11.8 Å². The zero-order valence-electron chi connectivity index (χ0n) is 12.3. The number of carbonyl (C=O) groups is 1. The molecule has 2 aromatic carbocycles. The summed E-state index contributed by atoms with van der Waals surface area (Å²) in [6.45, 7) is 0. The van der Waals surface area contributed by atoms with Crippen molar-refractivity contribution in [2.24, 2.45) is 5.10 Å². The van der Waals surface area contributed by atoms with Crippen LogP contribution in [0.15, 0.2) is 56.9 Å². The van der Waals surface area contributed by atoms with Gasteiger partial charge in [-0.1, -0.05) is 11.6 Å². The standard InChI is InChI=1S/C16H14BrClN2O2S/c1-22-15-7-2-11(8-14(15)17)9-19-20-16(21)10-23-13-5-3-12(18)4-6-13/h2-9H,10H2,1H3,(H,20,21)/b19-9+. The van der Waals surface area contributed by atoms with Crippen LogP contribution in [0.25, 0.3) is 0 Å². The Morgan fingerprint density at radius 1 is 1.35 bits per heavy atom.